The van der Waals surface area contributed by atoms with Crippen molar-refractivity contribution in [1.82, 2.24) is 19.5 Å². The number of imidazole rings is 1. The molecule has 41 heavy (non-hydrogen) atoms. The molecule has 4 heterocycles. The molecule has 1 amide bonds. The van der Waals surface area contributed by atoms with Gasteiger partial charge >= 0.3 is 0 Å². The van der Waals surface area contributed by atoms with Crippen LogP contribution in [0.3, 0.4) is 0 Å². The molecular weight excluding hydrogens is 547 g/mol. The van der Waals surface area contributed by atoms with Gasteiger partial charge in [0.1, 0.15) is 18.0 Å². The maximum Gasteiger partial charge on any atom is 0.256 e. The number of benzene rings is 1. The van der Waals surface area contributed by atoms with Crippen LogP contribution in [0.4, 0.5) is 5.82 Å². The number of nitriles is 1. The van der Waals surface area contributed by atoms with Gasteiger partial charge in [-0.1, -0.05) is 25.1 Å². The molecular formula is C28H35N6O6P. The molecule has 13 heteroatoms. The lowest BCUT2D eigenvalue weighted by Gasteiger charge is -2.39. The average Bonchev–Trinajstić information content (AvgIpc) is 3.53. The highest BCUT2D eigenvalue weighted by atomic mass is 31.2. The van der Waals surface area contributed by atoms with Crippen LogP contribution in [-0.2, 0) is 23.3 Å². The number of amides is 1. The zero-order valence-electron chi connectivity index (χ0n) is 23.4. The Kier molecular flexibility index (Phi) is 9.55. The Morgan fingerprint density at radius 3 is 2.83 bits per heavy atom. The Balaban J connectivity index is 1.47. The summed E-state index contributed by atoms with van der Waals surface area (Å²) in [6, 6.07) is 11.0. The SMILES string of the molecule is CC[C@H]1O[C@@H](n2cnc3c(NC(=O)c4ccccc4)ncnc32)[C@](C)(OC2CCCCO2)[C@@H]1OP(C)OCCC#N. The fourth-order valence-corrected chi connectivity index (χ4v) is 6.29. The lowest BCUT2D eigenvalue weighted by molar-refractivity contribution is -0.254. The highest BCUT2D eigenvalue weighted by Gasteiger charge is 2.58. The number of fused-ring (bicyclic) bond motifs is 1. The minimum Gasteiger partial charge on any atom is -0.353 e. The van der Waals surface area contributed by atoms with Crippen LogP contribution in [0.25, 0.3) is 11.2 Å². The summed E-state index contributed by atoms with van der Waals surface area (Å²) in [5.41, 5.74) is 0.396. The predicted molar refractivity (Wildman–Crippen MR) is 151 cm³/mol. The van der Waals surface area contributed by atoms with E-state index in [2.05, 4.69) is 26.3 Å². The number of ether oxygens (including phenoxy) is 3. The lowest BCUT2D eigenvalue weighted by Crippen LogP contribution is -2.50. The highest BCUT2D eigenvalue weighted by Crippen LogP contribution is 2.50. The Morgan fingerprint density at radius 2 is 2.10 bits per heavy atom. The summed E-state index contributed by atoms with van der Waals surface area (Å²) >= 11 is 0. The highest BCUT2D eigenvalue weighted by molar-refractivity contribution is 7.46. The zero-order chi connectivity index (χ0) is 28.8. The number of hydrogen-bond acceptors (Lipinski definition) is 10. The molecule has 12 nitrogen and oxygen atoms in total. The minimum atomic E-state index is -1.32. The molecule has 0 bridgehead atoms. The summed E-state index contributed by atoms with van der Waals surface area (Å²) in [7, 11) is -1.32. The van der Waals surface area contributed by atoms with Gasteiger partial charge in [0.15, 0.2) is 37.9 Å². The second-order valence-corrected chi connectivity index (χ2v) is 11.5. The molecule has 1 aromatic carbocycles. The third-order valence-corrected chi connectivity index (χ3v) is 8.32. The van der Waals surface area contributed by atoms with E-state index >= 15 is 0 Å². The van der Waals surface area contributed by atoms with Crippen LogP contribution in [0.15, 0.2) is 43.0 Å². The molecule has 6 atom stereocenters. The number of nitrogens with zero attached hydrogens (tertiary/aromatic N) is 5. The van der Waals surface area contributed by atoms with Gasteiger partial charge in [0.25, 0.3) is 5.91 Å². The van der Waals surface area contributed by atoms with Crippen LogP contribution < -0.4 is 5.32 Å². The predicted octanol–water partition coefficient (Wildman–Crippen LogP) is 4.95. The number of nitrogens with one attached hydrogen (secondary N) is 1. The maximum atomic E-state index is 12.9. The Hall–Kier alpha value is -3.04. The van der Waals surface area contributed by atoms with E-state index in [0.29, 0.717) is 35.6 Å². The fourth-order valence-electron chi connectivity index (χ4n) is 5.21. The van der Waals surface area contributed by atoms with Gasteiger partial charge in [-0.2, -0.15) is 5.26 Å². The van der Waals surface area contributed by atoms with Gasteiger partial charge in [0.2, 0.25) is 0 Å². The first-order valence-corrected chi connectivity index (χ1v) is 15.5. The van der Waals surface area contributed by atoms with Gasteiger partial charge in [-0.3, -0.25) is 9.36 Å². The third-order valence-electron chi connectivity index (χ3n) is 7.25. The van der Waals surface area contributed by atoms with E-state index in [4.69, 9.17) is 28.5 Å². The van der Waals surface area contributed by atoms with Gasteiger partial charge in [-0.15, -0.1) is 0 Å². The minimum absolute atomic E-state index is 0.282. The molecule has 2 fully saturated rings. The van der Waals surface area contributed by atoms with Crippen molar-refractivity contribution in [3.63, 3.8) is 0 Å². The van der Waals surface area contributed by atoms with Crippen molar-refractivity contribution in [1.29, 1.82) is 5.26 Å². The number of carbonyl (C=O) groups excluding carboxylic acids is 1. The molecule has 2 aliphatic rings. The molecule has 1 N–H and O–H groups in total. The summed E-state index contributed by atoms with van der Waals surface area (Å²) in [6.07, 6.45) is 4.77. The topological polar surface area (TPSA) is 143 Å². The van der Waals surface area contributed by atoms with E-state index in [9.17, 15) is 4.79 Å². The maximum absolute atomic E-state index is 12.9. The second kappa shape index (κ2) is 13.3. The molecule has 0 saturated carbocycles. The molecule has 0 spiro atoms. The van der Waals surface area contributed by atoms with Crippen molar-refractivity contribution >= 4 is 31.3 Å². The van der Waals surface area contributed by atoms with Crippen molar-refractivity contribution < 1.29 is 28.1 Å². The van der Waals surface area contributed by atoms with Gasteiger partial charge in [0.05, 0.1) is 31.5 Å². The molecule has 2 aliphatic heterocycles. The molecule has 2 unspecified atom stereocenters. The average molecular weight is 583 g/mol. The number of rotatable bonds is 11. The largest absolute Gasteiger partial charge is 0.353 e. The Labute approximate surface area is 240 Å². The van der Waals surface area contributed by atoms with Crippen LogP contribution in [0.2, 0.25) is 0 Å². The summed E-state index contributed by atoms with van der Waals surface area (Å²) in [4.78, 5) is 26.2. The molecule has 2 aromatic heterocycles. The fraction of sp³-hybridized carbons (Fsp3) is 0.536. The van der Waals surface area contributed by atoms with Crippen LogP contribution in [-0.4, -0.2) is 69.4 Å². The zero-order valence-corrected chi connectivity index (χ0v) is 24.3. The van der Waals surface area contributed by atoms with E-state index in [1.54, 1.807) is 35.2 Å². The molecule has 2 saturated heterocycles. The smallest absolute Gasteiger partial charge is 0.256 e. The summed E-state index contributed by atoms with van der Waals surface area (Å²) in [5, 5.41) is 11.8. The summed E-state index contributed by atoms with van der Waals surface area (Å²) in [6.45, 7) is 6.76. The van der Waals surface area contributed by atoms with Crippen LogP contribution in [0, 0.1) is 11.3 Å². The van der Waals surface area contributed by atoms with Crippen molar-refractivity contribution in [3.05, 3.63) is 48.5 Å². The number of carbonyl (C=O) groups is 1. The van der Waals surface area contributed by atoms with Crippen molar-refractivity contribution in [2.75, 3.05) is 25.2 Å². The van der Waals surface area contributed by atoms with E-state index in [0.717, 1.165) is 19.3 Å². The first kappa shape index (κ1) is 29.5. The van der Waals surface area contributed by atoms with Crippen LogP contribution >= 0.6 is 8.38 Å². The van der Waals surface area contributed by atoms with Crippen molar-refractivity contribution in [2.45, 2.75) is 76.3 Å². The normalized spacial score (nSPS) is 27.0. The van der Waals surface area contributed by atoms with Crippen molar-refractivity contribution in [3.8, 4) is 6.07 Å². The van der Waals surface area contributed by atoms with Gasteiger partial charge in [0, 0.05) is 18.8 Å². The lowest BCUT2D eigenvalue weighted by atomic mass is 9.94. The molecule has 218 valence electrons. The van der Waals surface area contributed by atoms with E-state index in [1.807, 2.05) is 26.6 Å². The molecule has 5 rings (SSSR count). The van der Waals surface area contributed by atoms with E-state index in [1.165, 1.54) is 6.33 Å². The number of aromatic nitrogens is 4. The van der Waals surface area contributed by atoms with Gasteiger partial charge < -0.3 is 28.6 Å². The monoisotopic (exact) mass is 582 g/mol. The first-order valence-electron chi connectivity index (χ1n) is 13.8. The number of anilines is 1. The summed E-state index contributed by atoms with van der Waals surface area (Å²) < 4.78 is 33.4. The van der Waals surface area contributed by atoms with E-state index < -0.39 is 32.6 Å². The molecule has 0 aliphatic carbocycles. The van der Waals surface area contributed by atoms with Crippen molar-refractivity contribution in [2.24, 2.45) is 0 Å². The van der Waals surface area contributed by atoms with E-state index in [-0.39, 0.29) is 25.0 Å². The van der Waals surface area contributed by atoms with Crippen LogP contribution in [0.5, 0.6) is 0 Å². The first-order chi connectivity index (χ1) is 19.9. The molecule has 0 radical (unpaired) electrons. The Bertz CT molecular complexity index is 1360. The van der Waals surface area contributed by atoms with Crippen LogP contribution in [0.1, 0.15) is 62.5 Å². The Morgan fingerprint density at radius 1 is 1.27 bits per heavy atom. The number of hydrogen-bond donors (Lipinski definition) is 1. The quantitative estimate of drug-likeness (QED) is 0.244. The third kappa shape index (κ3) is 6.41. The van der Waals surface area contributed by atoms with Gasteiger partial charge in [-0.05, 0) is 44.7 Å². The second-order valence-electron chi connectivity index (χ2n) is 10.1. The summed E-state index contributed by atoms with van der Waals surface area (Å²) in [5.74, 6) is -0.00579. The van der Waals surface area contributed by atoms with Gasteiger partial charge in [-0.25, -0.2) is 15.0 Å². The molecule has 3 aromatic rings. The standard InChI is InChI=1S/C28H35N6O6P/c1-4-20-23(40-41(3)37-16-10-14-29)28(2,39-21-13-8-9-15-36-21)27(38-20)34-18-32-22-24(30-17-31-25(22)34)33-26(35)19-11-6-5-7-12-19/h5-7,11-12,17-18,20-21,23,27H,4,8-10,13,15-16H2,1-3H3,(H,30,31,33,35)/t20-,21?,23-,27-,28-,41?/m1/s1.